The van der Waals surface area contributed by atoms with Crippen molar-refractivity contribution in [1.29, 1.82) is 0 Å². The fourth-order valence-corrected chi connectivity index (χ4v) is 7.19. The normalized spacial score (nSPS) is 44.1. The third kappa shape index (κ3) is 4.75. The SMILES string of the molecule is C=C1CC2OC3[C@@H]4C(CC[C@@](C)(O)[C@H]24)[C@H](C)COC3(C)C(OC(=O)CCCCCCC)CC1=O. The molecular formula is C28H44O6. The molecule has 3 aliphatic heterocycles. The summed E-state index contributed by atoms with van der Waals surface area (Å²) in [6, 6.07) is 0. The number of fused-ring (bicyclic) bond motifs is 2. The molecule has 0 spiro atoms. The van der Waals surface area contributed by atoms with Gasteiger partial charge in [-0.05, 0) is 56.4 Å². The van der Waals surface area contributed by atoms with E-state index in [9.17, 15) is 14.7 Å². The second-order valence-electron chi connectivity index (χ2n) is 11.8. The maximum atomic E-state index is 13.1. The molecule has 1 aliphatic carbocycles. The van der Waals surface area contributed by atoms with Gasteiger partial charge in [0.1, 0.15) is 11.7 Å². The Labute approximate surface area is 204 Å². The Morgan fingerprint density at radius 2 is 1.94 bits per heavy atom. The Kier molecular flexibility index (Phi) is 7.62. The van der Waals surface area contributed by atoms with Gasteiger partial charge in [0.25, 0.3) is 0 Å². The van der Waals surface area contributed by atoms with Gasteiger partial charge in [-0.25, -0.2) is 0 Å². The van der Waals surface area contributed by atoms with E-state index in [1.165, 1.54) is 6.42 Å². The van der Waals surface area contributed by atoms with Gasteiger partial charge >= 0.3 is 5.97 Å². The number of hydrogen-bond donors (Lipinski definition) is 1. The molecule has 6 heteroatoms. The van der Waals surface area contributed by atoms with Crippen molar-refractivity contribution in [2.45, 2.75) is 121 Å². The molecule has 1 saturated carbocycles. The number of aliphatic hydroxyl groups is 1. The molecule has 4 rings (SSSR count). The van der Waals surface area contributed by atoms with Gasteiger partial charge in [0, 0.05) is 18.8 Å². The Morgan fingerprint density at radius 3 is 2.68 bits per heavy atom. The van der Waals surface area contributed by atoms with E-state index < -0.39 is 17.3 Å². The van der Waals surface area contributed by atoms with Crippen LogP contribution in [0, 0.1) is 23.7 Å². The lowest BCUT2D eigenvalue weighted by Crippen LogP contribution is -2.58. The summed E-state index contributed by atoms with van der Waals surface area (Å²) in [6.45, 7) is 12.8. The second-order valence-corrected chi connectivity index (χ2v) is 11.8. The highest BCUT2D eigenvalue weighted by Gasteiger charge is 2.66. The first kappa shape index (κ1) is 25.8. The van der Waals surface area contributed by atoms with E-state index in [1.54, 1.807) is 0 Å². The van der Waals surface area contributed by atoms with Crippen molar-refractivity contribution in [1.82, 2.24) is 0 Å². The topological polar surface area (TPSA) is 82.1 Å². The van der Waals surface area contributed by atoms with Crippen LogP contribution in [-0.4, -0.2) is 53.0 Å². The summed E-state index contributed by atoms with van der Waals surface area (Å²) in [7, 11) is 0. The summed E-state index contributed by atoms with van der Waals surface area (Å²) in [4.78, 5) is 26.0. The van der Waals surface area contributed by atoms with Crippen LogP contribution in [0.25, 0.3) is 0 Å². The number of ether oxygens (including phenoxy) is 3. The van der Waals surface area contributed by atoms with Crippen molar-refractivity contribution in [3.05, 3.63) is 12.2 Å². The molecule has 34 heavy (non-hydrogen) atoms. The van der Waals surface area contributed by atoms with Crippen LogP contribution in [0.2, 0.25) is 0 Å². The van der Waals surface area contributed by atoms with Gasteiger partial charge in [-0.3, -0.25) is 9.59 Å². The zero-order valence-electron chi connectivity index (χ0n) is 21.5. The molecule has 9 atom stereocenters. The lowest BCUT2D eigenvalue weighted by molar-refractivity contribution is -0.202. The molecule has 1 N–H and O–H groups in total. The number of carbonyl (C=O) groups excluding carboxylic acids is 2. The summed E-state index contributed by atoms with van der Waals surface area (Å²) in [6.07, 6.45) is 6.32. The minimum Gasteiger partial charge on any atom is -0.459 e. The first-order valence-electron chi connectivity index (χ1n) is 13.5. The summed E-state index contributed by atoms with van der Waals surface area (Å²) < 4.78 is 19.3. The average molecular weight is 477 g/mol. The van der Waals surface area contributed by atoms with E-state index in [0.29, 0.717) is 43.3 Å². The summed E-state index contributed by atoms with van der Waals surface area (Å²) in [5.74, 6) is 0.261. The molecule has 3 heterocycles. The van der Waals surface area contributed by atoms with Crippen molar-refractivity contribution in [2.75, 3.05) is 6.61 Å². The van der Waals surface area contributed by atoms with Crippen molar-refractivity contribution in [3.8, 4) is 0 Å². The number of ketones is 1. The molecule has 0 aromatic heterocycles. The first-order chi connectivity index (χ1) is 16.1. The zero-order valence-corrected chi connectivity index (χ0v) is 21.5. The molecule has 5 unspecified atom stereocenters. The number of carbonyl (C=O) groups is 2. The van der Waals surface area contributed by atoms with E-state index in [2.05, 4.69) is 20.4 Å². The van der Waals surface area contributed by atoms with E-state index >= 15 is 0 Å². The third-order valence-corrected chi connectivity index (χ3v) is 9.25. The maximum absolute atomic E-state index is 13.1. The lowest BCUT2D eigenvalue weighted by atomic mass is 9.58. The summed E-state index contributed by atoms with van der Waals surface area (Å²) in [5.41, 5.74) is -1.34. The van der Waals surface area contributed by atoms with Crippen LogP contribution in [0.15, 0.2) is 12.2 Å². The van der Waals surface area contributed by atoms with Crippen LogP contribution in [0.3, 0.4) is 0 Å². The average Bonchev–Trinajstić information content (AvgIpc) is 3.13. The monoisotopic (exact) mass is 476 g/mol. The van der Waals surface area contributed by atoms with E-state index in [0.717, 1.165) is 32.1 Å². The maximum Gasteiger partial charge on any atom is 0.306 e. The van der Waals surface area contributed by atoms with Gasteiger partial charge in [0.05, 0.1) is 30.8 Å². The van der Waals surface area contributed by atoms with Crippen molar-refractivity contribution >= 4 is 11.8 Å². The molecule has 0 aromatic rings. The highest BCUT2D eigenvalue weighted by atomic mass is 16.6. The zero-order chi connectivity index (χ0) is 24.7. The predicted octanol–water partition coefficient (Wildman–Crippen LogP) is 4.76. The van der Waals surface area contributed by atoms with Crippen LogP contribution >= 0.6 is 0 Å². The molecule has 3 saturated heterocycles. The van der Waals surface area contributed by atoms with Crippen molar-refractivity contribution in [3.63, 3.8) is 0 Å². The highest BCUT2D eigenvalue weighted by Crippen LogP contribution is 2.58. The van der Waals surface area contributed by atoms with Crippen LogP contribution in [0.1, 0.15) is 91.9 Å². The van der Waals surface area contributed by atoms with Gasteiger partial charge in [-0.2, -0.15) is 0 Å². The smallest absolute Gasteiger partial charge is 0.306 e. The molecule has 4 fully saturated rings. The largest absolute Gasteiger partial charge is 0.459 e. The fourth-order valence-electron chi connectivity index (χ4n) is 7.19. The van der Waals surface area contributed by atoms with Crippen molar-refractivity contribution in [2.24, 2.45) is 23.7 Å². The second kappa shape index (κ2) is 10.0. The van der Waals surface area contributed by atoms with Gasteiger partial charge in [-0.1, -0.05) is 46.1 Å². The minimum absolute atomic E-state index is 0.0658. The number of hydrogen-bond acceptors (Lipinski definition) is 6. The number of rotatable bonds is 7. The van der Waals surface area contributed by atoms with Gasteiger partial charge in [0.15, 0.2) is 5.78 Å². The minimum atomic E-state index is -0.952. The fraction of sp³-hybridized carbons (Fsp3) is 0.857. The number of unbranched alkanes of at least 4 members (excludes halogenated alkanes) is 4. The Hall–Kier alpha value is -1.24. The summed E-state index contributed by atoms with van der Waals surface area (Å²) >= 11 is 0. The van der Waals surface area contributed by atoms with Gasteiger partial charge in [-0.15, -0.1) is 0 Å². The standard InChI is InChI=1S/C28H44O6/c1-6-7-8-9-10-11-23(30)34-22-15-20(29)17(2)14-21-25-24-19(12-13-27(25,4)31)18(3)16-32-28(22,5)26(24)33-21/h18-19,21-22,24-26,31H,2,6-16H2,1,3-5H3/t18-,19?,21?,22?,24-,25-,26?,27-,28?/m1/s1. The van der Waals surface area contributed by atoms with E-state index in [4.69, 9.17) is 14.2 Å². The predicted molar refractivity (Wildman–Crippen MR) is 129 cm³/mol. The van der Waals surface area contributed by atoms with Crippen LogP contribution in [-0.2, 0) is 23.8 Å². The van der Waals surface area contributed by atoms with Crippen LogP contribution < -0.4 is 0 Å². The van der Waals surface area contributed by atoms with Gasteiger partial charge < -0.3 is 19.3 Å². The number of esters is 1. The Bertz CT molecular complexity index is 790. The Balaban J connectivity index is 1.63. The summed E-state index contributed by atoms with van der Waals surface area (Å²) in [5, 5.41) is 11.4. The van der Waals surface area contributed by atoms with Crippen LogP contribution in [0.4, 0.5) is 0 Å². The third-order valence-electron chi connectivity index (χ3n) is 9.25. The molecule has 6 nitrogen and oxygen atoms in total. The molecule has 0 radical (unpaired) electrons. The lowest BCUT2D eigenvalue weighted by Gasteiger charge is -2.48. The molecular weight excluding hydrogens is 432 g/mol. The van der Waals surface area contributed by atoms with Gasteiger partial charge in [0.2, 0.25) is 0 Å². The van der Waals surface area contributed by atoms with Crippen LogP contribution in [0.5, 0.6) is 0 Å². The molecule has 0 amide bonds. The first-order valence-corrected chi connectivity index (χ1v) is 13.5. The quantitative estimate of drug-likeness (QED) is 0.324. The van der Waals surface area contributed by atoms with E-state index in [-0.39, 0.29) is 42.2 Å². The van der Waals surface area contributed by atoms with Crippen molar-refractivity contribution < 1.29 is 28.9 Å². The highest BCUT2D eigenvalue weighted by molar-refractivity contribution is 5.95. The molecule has 192 valence electrons. The molecule has 4 aliphatic rings. The molecule has 0 aromatic carbocycles. The Morgan fingerprint density at radius 1 is 1.21 bits per heavy atom. The van der Waals surface area contributed by atoms with E-state index in [1.807, 2.05) is 13.8 Å². The number of Topliss-reactive ketones (excluding diaryl/α,β-unsaturated/α-hetero) is 1. The molecule has 2 bridgehead atoms.